The number of phenolic OH excluding ortho intramolecular Hbond substituents is 1. The van der Waals surface area contributed by atoms with Gasteiger partial charge in [0, 0.05) is 50.5 Å². The number of rotatable bonds is 3. The fourth-order valence-electron chi connectivity index (χ4n) is 4.21. The number of anilines is 1. The van der Waals surface area contributed by atoms with Crippen LogP contribution in [0.25, 0.3) is 0 Å². The molecular weight excluding hydrogens is 424 g/mol. The molecule has 2 heterocycles. The van der Waals surface area contributed by atoms with Crippen molar-refractivity contribution in [3.05, 3.63) is 53.6 Å². The Kier molecular flexibility index (Phi) is 6.32. The summed E-state index contributed by atoms with van der Waals surface area (Å²) in [6.07, 6.45) is 2.99. The SMILES string of the molecule is CCc1ccc(NC(=S)NN=C2CC3(CCN(C(C)=O)CC3)Oc3ccc(O)cc32)cc1. The van der Waals surface area contributed by atoms with Crippen molar-refractivity contribution in [3.8, 4) is 11.5 Å². The molecule has 2 aromatic rings. The third-order valence-electron chi connectivity index (χ3n) is 6.12. The largest absolute Gasteiger partial charge is 0.508 e. The van der Waals surface area contributed by atoms with Gasteiger partial charge in [-0.25, -0.2) is 0 Å². The van der Waals surface area contributed by atoms with E-state index >= 15 is 0 Å². The van der Waals surface area contributed by atoms with Gasteiger partial charge in [-0.3, -0.25) is 10.2 Å². The number of fused-ring (bicyclic) bond motifs is 1. The number of aromatic hydroxyl groups is 1. The minimum atomic E-state index is -0.429. The third kappa shape index (κ3) is 4.85. The summed E-state index contributed by atoms with van der Waals surface area (Å²) in [7, 11) is 0. The highest BCUT2D eigenvalue weighted by Gasteiger charge is 2.42. The molecule has 0 atom stereocenters. The molecule has 2 aliphatic heterocycles. The van der Waals surface area contributed by atoms with Crippen molar-refractivity contribution < 1.29 is 14.6 Å². The van der Waals surface area contributed by atoms with Gasteiger partial charge in [-0.2, -0.15) is 5.10 Å². The second kappa shape index (κ2) is 9.16. The van der Waals surface area contributed by atoms with Gasteiger partial charge >= 0.3 is 0 Å². The number of nitrogens with zero attached hydrogens (tertiary/aromatic N) is 2. The van der Waals surface area contributed by atoms with E-state index in [1.807, 2.05) is 17.0 Å². The number of thiocarbonyl (C=S) groups is 1. The van der Waals surface area contributed by atoms with Crippen LogP contribution in [0.4, 0.5) is 5.69 Å². The van der Waals surface area contributed by atoms with Crippen molar-refractivity contribution in [2.45, 2.75) is 45.1 Å². The summed E-state index contributed by atoms with van der Waals surface area (Å²) in [5.41, 5.74) is 6.17. The van der Waals surface area contributed by atoms with Gasteiger partial charge in [-0.05, 0) is 54.5 Å². The molecular formula is C24H28N4O3S. The molecule has 4 rings (SSSR count). The monoisotopic (exact) mass is 452 g/mol. The Balaban J connectivity index is 1.51. The smallest absolute Gasteiger partial charge is 0.219 e. The maximum atomic E-state index is 11.7. The lowest BCUT2D eigenvalue weighted by atomic mass is 9.82. The summed E-state index contributed by atoms with van der Waals surface area (Å²) in [5, 5.41) is 18.1. The van der Waals surface area contributed by atoms with Crippen LogP contribution in [0, 0.1) is 0 Å². The molecule has 1 spiro atoms. The minimum Gasteiger partial charge on any atom is -0.508 e. The molecule has 1 saturated heterocycles. The number of hydrazone groups is 1. The van der Waals surface area contributed by atoms with E-state index < -0.39 is 5.60 Å². The summed E-state index contributed by atoms with van der Waals surface area (Å²) in [4.78, 5) is 13.6. The highest BCUT2D eigenvalue weighted by atomic mass is 32.1. The van der Waals surface area contributed by atoms with Crippen LogP contribution in [-0.2, 0) is 11.2 Å². The Labute approximate surface area is 193 Å². The first kappa shape index (κ1) is 22.1. The van der Waals surface area contributed by atoms with Crippen molar-refractivity contribution in [1.82, 2.24) is 10.3 Å². The van der Waals surface area contributed by atoms with E-state index in [4.69, 9.17) is 17.0 Å². The summed E-state index contributed by atoms with van der Waals surface area (Å²) in [6, 6.07) is 13.1. The standard InChI is InChI=1S/C24H28N4O3S/c1-3-17-4-6-18(7-5-17)25-23(32)27-26-21-15-24(10-12-28(13-11-24)16(2)29)31-22-9-8-19(30)14-20(21)22/h4-9,14,30H,3,10-13,15H2,1-2H3,(H2,25,27,32). The van der Waals surface area contributed by atoms with Gasteiger partial charge in [0.25, 0.3) is 0 Å². The topological polar surface area (TPSA) is 86.2 Å². The first-order valence-corrected chi connectivity index (χ1v) is 11.3. The number of aryl methyl sites for hydroxylation is 1. The highest BCUT2D eigenvalue weighted by molar-refractivity contribution is 7.80. The zero-order chi connectivity index (χ0) is 22.7. The Bertz CT molecular complexity index is 1040. The molecule has 1 fully saturated rings. The predicted molar refractivity (Wildman–Crippen MR) is 129 cm³/mol. The van der Waals surface area contributed by atoms with E-state index in [-0.39, 0.29) is 11.7 Å². The molecule has 3 N–H and O–H groups in total. The zero-order valence-corrected chi connectivity index (χ0v) is 19.2. The second-order valence-electron chi connectivity index (χ2n) is 8.32. The van der Waals surface area contributed by atoms with Gasteiger partial charge in [-0.1, -0.05) is 19.1 Å². The Morgan fingerprint density at radius 1 is 1.22 bits per heavy atom. The average molecular weight is 453 g/mol. The molecule has 0 aliphatic carbocycles. The van der Waals surface area contributed by atoms with Crippen LogP contribution in [0.3, 0.4) is 0 Å². The lowest BCUT2D eigenvalue weighted by Gasteiger charge is -2.44. The first-order chi connectivity index (χ1) is 15.4. The molecule has 0 aromatic heterocycles. The van der Waals surface area contributed by atoms with E-state index in [0.717, 1.165) is 36.2 Å². The molecule has 8 heteroatoms. The first-order valence-electron chi connectivity index (χ1n) is 10.9. The summed E-state index contributed by atoms with van der Waals surface area (Å²) >= 11 is 5.43. The van der Waals surface area contributed by atoms with Crippen LogP contribution < -0.4 is 15.5 Å². The number of benzene rings is 2. The quantitative estimate of drug-likeness (QED) is 0.485. The number of piperidine rings is 1. The van der Waals surface area contributed by atoms with Gasteiger partial charge in [0.2, 0.25) is 5.91 Å². The zero-order valence-electron chi connectivity index (χ0n) is 18.4. The van der Waals surface area contributed by atoms with E-state index in [0.29, 0.717) is 30.4 Å². The number of nitrogens with one attached hydrogen (secondary N) is 2. The summed E-state index contributed by atoms with van der Waals surface area (Å²) in [6.45, 7) is 5.01. The molecule has 0 radical (unpaired) electrons. The van der Waals surface area contributed by atoms with E-state index in [9.17, 15) is 9.90 Å². The molecule has 0 saturated carbocycles. The molecule has 1 amide bonds. The van der Waals surface area contributed by atoms with E-state index in [1.54, 1.807) is 25.1 Å². The molecule has 168 valence electrons. The maximum absolute atomic E-state index is 11.7. The van der Waals surface area contributed by atoms with Gasteiger partial charge in [-0.15, -0.1) is 0 Å². The van der Waals surface area contributed by atoms with Crippen LogP contribution in [0.15, 0.2) is 47.6 Å². The number of carbonyl (C=O) groups excluding carboxylic acids is 1. The van der Waals surface area contributed by atoms with Crippen LogP contribution >= 0.6 is 12.2 Å². The fraction of sp³-hybridized carbons (Fsp3) is 0.375. The molecule has 0 bridgehead atoms. The number of carbonyl (C=O) groups is 1. The molecule has 2 aliphatic rings. The van der Waals surface area contributed by atoms with Crippen LogP contribution in [0.1, 0.15) is 44.2 Å². The van der Waals surface area contributed by atoms with Crippen LogP contribution in [0.2, 0.25) is 0 Å². The van der Waals surface area contributed by atoms with E-state index in [1.165, 1.54) is 5.56 Å². The van der Waals surface area contributed by atoms with Crippen LogP contribution in [-0.4, -0.2) is 45.4 Å². The number of hydrogen-bond acceptors (Lipinski definition) is 5. The fourth-order valence-corrected chi connectivity index (χ4v) is 4.37. The lowest BCUT2D eigenvalue weighted by Crippen LogP contribution is -2.52. The van der Waals surface area contributed by atoms with Crippen molar-refractivity contribution in [2.24, 2.45) is 5.10 Å². The second-order valence-corrected chi connectivity index (χ2v) is 8.73. The third-order valence-corrected chi connectivity index (χ3v) is 6.32. The number of amides is 1. The van der Waals surface area contributed by atoms with Crippen molar-refractivity contribution in [3.63, 3.8) is 0 Å². The summed E-state index contributed by atoms with van der Waals surface area (Å²) in [5.74, 6) is 0.916. The minimum absolute atomic E-state index is 0.0833. The van der Waals surface area contributed by atoms with Gasteiger partial charge in [0.05, 0.1) is 5.71 Å². The van der Waals surface area contributed by atoms with Crippen molar-refractivity contribution in [2.75, 3.05) is 18.4 Å². The molecule has 0 unspecified atom stereocenters. The van der Waals surface area contributed by atoms with E-state index in [2.05, 4.69) is 34.9 Å². The molecule has 32 heavy (non-hydrogen) atoms. The van der Waals surface area contributed by atoms with Gasteiger partial charge in [0.15, 0.2) is 5.11 Å². The number of hydrogen-bond donors (Lipinski definition) is 3. The normalized spacial score (nSPS) is 18.1. The Morgan fingerprint density at radius 2 is 1.94 bits per heavy atom. The van der Waals surface area contributed by atoms with Crippen molar-refractivity contribution in [1.29, 1.82) is 0 Å². The summed E-state index contributed by atoms with van der Waals surface area (Å²) < 4.78 is 6.39. The van der Waals surface area contributed by atoms with Gasteiger partial charge in [0.1, 0.15) is 17.1 Å². The predicted octanol–water partition coefficient (Wildman–Crippen LogP) is 3.81. The molecule has 7 nitrogen and oxygen atoms in total. The average Bonchev–Trinajstić information content (AvgIpc) is 2.79. The number of phenols is 1. The van der Waals surface area contributed by atoms with Crippen molar-refractivity contribution >= 4 is 34.6 Å². The lowest BCUT2D eigenvalue weighted by molar-refractivity contribution is -0.132. The number of likely N-dealkylation sites (tertiary alicyclic amines) is 1. The Morgan fingerprint density at radius 3 is 2.59 bits per heavy atom. The highest BCUT2D eigenvalue weighted by Crippen LogP contribution is 2.40. The molecule has 2 aromatic carbocycles. The number of ether oxygens (including phenoxy) is 1. The maximum Gasteiger partial charge on any atom is 0.219 e. The van der Waals surface area contributed by atoms with Gasteiger partial charge < -0.3 is 20.1 Å². The van der Waals surface area contributed by atoms with Crippen LogP contribution in [0.5, 0.6) is 11.5 Å². The Hall–Kier alpha value is -3.13.